The molecular weight excluding hydrogens is 228 g/mol. The Hall–Kier alpha value is -0.140. The predicted molar refractivity (Wildman–Crippen MR) is 63.5 cm³/mol. The van der Waals surface area contributed by atoms with Gasteiger partial charge in [0.15, 0.2) is 0 Å². The number of thioether (sulfide) groups is 1. The van der Waals surface area contributed by atoms with Crippen molar-refractivity contribution < 1.29 is 14.9 Å². The first-order valence-corrected chi connectivity index (χ1v) is 6.50. The second-order valence-electron chi connectivity index (χ2n) is 4.14. The van der Waals surface area contributed by atoms with E-state index in [0.717, 1.165) is 17.9 Å². The summed E-state index contributed by atoms with van der Waals surface area (Å²) in [5.41, 5.74) is 5.30. The molecule has 92 valence electrons. The lowest BCUT2D eigenvalue weighted by Gasteiger charge is -2.37. The molecule has 1 fully saturated rings. The standard InChI is InChI=1S/C10H18N2O3S/c1-2-3-6-12-7-9(14)8(13)5(4-11)15-10(7)16-6/h5,7-10,13-14H,2-4,11H2,1H3/t5-,7-,8-,9-,10-/m1/s1. The van der Waals surface area contributed by atoms with Gasteiger partial charge >= 0.3 is 0 Å². The van der Waals surface area contributed by atoms with Gasteiger partial charge in [-0.3, -0.25) is 4.99 Å². The molecule has 0 aliphatic carbocycles. The van der Waals surface area contributed by atoms with Crippen molar-refractivity contribution in [2.45, 2.75) is 49.6 Å². The highest BCUT2D eigenvalue weighted by molar-refractivity contribution is 8.14. The molecule has 4 N–H and O–H groups in total. The topological polar surface area (TPSA) is 88.1 Å². The Balaban J connectivity index is 2.08. The maximum absolute atomic E-state index is 9.93. The summed E-state index contributed by atoms with van der Waals surface area (Å²) in [5.74, 6) is 0. The van der Waals surface area contributed by atoms with E-state index in [1.165, 1.54) is 0 Å². The van der Waals surface area contributed by atoms with Crippen molar-refractivity contribution in [2.75, 3.05) is 6.54 Å². The number of nitrogens with zero attached hydrogens (tertiary/aromatic N) is 1. The number of aliphatic hydroxyl groups excluding tert-OH is 2. The first-order valence-electron chi connectivity index (χ1n) is 5.62. The second kappa shape index (κ2) is 5.01. The molecule has 2 heterocycles. The highest BCUT2D eigenvalue weighted by atomic mass is 32.2. The van der Waals surface area contributed by atoms with Crippen molar-refractivity contribution in [2.24, 2.45) is 10.7 Å². The maximum atomic E-state index is 9.93. The molecule has 2 rings (SSSR count). The van der Waals surface area contributed by atoms with E-state index in [-0.39, 0.29) is 18.0 Å². The molecule has 1 saturated heterocycles. The Morgan fingerprint density at radius 1 is 1.44 bits per heavy atom. The number of ether oxygens (including phenoxy) is 1. The van der Waals surface area contributed by atoms with Crippen molar-refractivity contribution in [1.82, 2.24) is 0 Å². The summed E-state index contributed by atoms with van der Waals surface area (Å²) < 4.78 is 5.63. The van der Waals surface area contributed by atoms with Crippen LogP contribution in [0.3, 0.4) is 0 Å². The van der Waals surface area contributed by atoms with Crippen molar-refractivity contribution in [3.8, 4) is 0 Å². The highest BCUT2D eigenvalue weighted by Gasteiger charge is 2.47. The van der Waals surface area contributed by atoms with Crippen molar-refractivity contribution >= 4 is 16.8 Å². The van der Waals surface area contributed by atoms with E-state index in [1.807, 2.05) is 0 Å². The normalized spacial score (nSPS) is 43.0. The molecule has 0 saturated carbocycles. The van der Waals surface area contributed by atoms with Gasteiger partial charge in [-0.2, -0.15) is 0 Å². The molecule has 0 radical (unpaired) electrons. The highest BCUT2D eigenvalue weighted by Crippen LogP contribution is 2.37. The lowest BCUT2D eigenvalue weighted by Crippen LogP contribution is -2.56. The minimum absolute atomic E-state index is 0.187. The molecule has 0 bridgehead atoms. The van der Waals surface area contributed by atoms with Crippen LogP contribution in [-0.2, 0) is 4.74 Å². The van der Waals surface area contributed by atoms with Gasteiger partial charge in [0.2, 0.25) is 0 Å². The van der Waals surface area contributed by atoms with Gasteiger partial charge < -0.3 is 20.7 Å². The largest absolute Gasteiger partial charge is 0.388 e. The summed E-state index contributed by atoms with van der Waals surface area (Å²) in [6, 6.07) is -0.343. The summed E-state index contributed by atoms with van der Waals surface area (Å²) in [5, 5.41) is 20.7. The number of hydrogen-bond acceptors (Lipinski definition) is 6. The van der Waals surface area contributed by atoms with Crippen LogP contribution < -0.4 is 5.73 Å². The zero-order valence-corrected chi connectivity index (χ0v) is 10.1. The molecule has 2 aliphatic heterocycles. The van der Waals surface area contributed by atoms with Crippen LogP contribution in [0.2, 0.25) is 0 Å². The third kappa shape index (κ3) is 2.12. The van der Waals surface area contributed by atoms with Crippen LogP contribution in [0.5, 0.6) is 0 Å². The summed E-state index contributed by atoms with van der Waals surface area (Å²) in [7, 11) is 0. The van der Waals surface area contributed by atoms with Crippen molar-refractivity contribution in [3.05, 3.63) is 0 Å². The van der Waals surface area contributed by atoms with Crippen molar-refractivity contribution in [3.63, 3.8) is 0 Å². The van der Waals surface area contributed by atoms with Gasteiger partial charge in [0.25, 0.3) is 0 Å². The molecule has 0 unspecified atom stereocenters. The minimum Gasteiger partial charge on any atom is -0.388 e. The fourth-order valence-electron chi connectivity index (χ4n) is 2.01. The number of aliphatic imine (C=N–C) groups is 1. The summed E-state index contributed by atoms with van der Waals surface area (Å²) >= 11 is 1.55. The number of rotatable bonds is 3. The first-order chi connectivity index (χ1) is 7.67. The molecule has 0 amide bonds. The van der Waals surface area contributed by atoms with E-state index in [1.54, 1.807) is 11.8 Å². The average molecular weight is 246 g/mol. The van der Waals surface area contributed by atoms with E-state index in [4.69, 9.17) is 10.5 Å². The Kier molecular flexibility index (Phi) is 3.86. The Morgan fingerprint density at radius 3 is 2.81 bits per heavy atom. The average Bonchev–Trinajstić information content (AvgIpc) is 2.67. The molecule has 6 heteroatoms. The van der Waals surface area contributed by atoms with Crippen LogP contribution in [0.15, 0.2) is 4.99 Å². The molecule has 0 aromatic rings. The predicted octanol–water partition coefficient (Wildman–Crippen LogP) is -0.294. The van der Waals surface area contributed by atoms with Gasteiger partial charge in [0.05, 0.1) is 11.1 Å². The lowest BCUT2D eigenvalue weighted by atomic mass is 9.98. The fourth-order valence-corrected chi connectivity index (χ4v) is 3.35. The molecule has 2 aliphatic rings. The number of aliphatic hydroxyl groups is 2. The maximum Gasteiger partial charge on any atom is 0.134 e. The van der Waals surface area contributed by atoms with Crippen LogP contribution in [0, 0.1) is 0 Å². The summed E-state index contributed by atoms with van der Waals surface area (Å²) in [6.07, 6.45) is -0.368. The van der Waals surface area contributed by atoms with E-state index < -0.39 is 18.3 Å². The zero-order valence-electron chi connectivity index (χ0n) is 9.24. The fraction of sp³-hybridized carbons (Fsp3) is 0.900. The van der Waals surface area contributed by atoms with Crippen molar-refractivity contribution in [1.29, 1.82) is 0 Å². The molecule has 0 spiro atoms. The van der Waals surface area contributed by atoms with Gasteiger partial charge in [-0.15, -0.1) is 0 Å². The SMILES string of the molecule is CCCC1=N[C@@H]2[C@@H](O)[C@H](O)[C@@H](CN)O[C@@H]2S1. The van der Waals surface area contributed by atoms with E-state index in [0.29, 0.717) is 0 Å². The molecule has 5 nitrogen and oxygen atoms in total. The Labute approximate surface area is 99.1 Å². The van der Waals surface area contributed by atoms with Crippen LogP contribution in [0.25, 0.3) is 0 Å². The quantitative estimate of drug-likeness (QED) is 0.636. The minimum atomic E-state index is -0.934. The van der Waals surface area contributed by atoms with Crippen LogP contribution >= 0.6 is 11.8 Å². The van der Waals surface area contributed by atoms with Gasteiger partial charge in [-0.25, -0.2) is 0 Å². The Morgan fingerprint density at radius 2 is 2.19 bits per heavy atom. The molecule has 0 aromatic carbocycles. The first kappa shape index (κ1) is 12.3. The lowest BCUT2D eigenvalue weighted by molar-refractivity contribution is -0.148. The van der Waals surface area contributed by atoms with E-state index >= 15 is 0 Å². The third-order valence-electron chi connectivity index (χ3n) is 2.91. The van der Waals surface area contributed by atoms with Crippen LogP contribution in [0.4, 0.5) is 0 Å². The third-order valence-corrected chi connectivity index (χ3v) is 4.11. The monoisotopic (exact) mass is 246 g/mol. The molecule has 0 aromatic heterocycles. The van der Waals surface area contributed by atoms with E-state index in [9.17, 15) is 10.2 Å². The van der Waals surface area contributed by atoms with E-state index in [2.05, 4.69) is 11.9 Å². The van der Waals surface area contributed by atoms with Crippen LogP contribution in [0.1, 0.15) is 19.8 Å². The summed E-state index contributed by atoms with van der Waals surface area (Å²) in [6.45, 7) is 2.30. The van der Waals surface area contributed by atoms with Crippen LogP contribution in [-0.4, -0.2) is 51.6 Å². The van der Waals surface area contributed by atoms with Gasteiger partial charge in [0, 0.05) is 6.54 Å². The van der Waals surface area contributed by atoms with Gasteiger partial charge in [-0.1, -0.05) is 25.1 Å². The van der Waals surface area contributed by atoms with Gasteiger partial charge in [-0.05, 0) is 6.42 Å². The molecule has 5 atom stereocenters. The number of hydrogen-bond donors (Lipinski definition) is 3. The zero-order chi connectivity index (χ0) is 11.7. The van der Waals surface area contributed by atoms with Gasteiger partial charge in [0.1, 0.15) is 23.7 Å². The Bertz CT molecular complexity index is 287. The smallest absolute Gasteiger partial charge is 0.134 e. The number of nitrogens with two attached hydrogens (primary N) is 1. The second-order valence-corrected chi connectivity index (χ2v) is 5.31. The summed E-state index contributed by atoms with van der Waals surface area (Å²) in [4.78, 5) is 4.40. The molecule has 16 heavy (non-hydrogen) atoms. The molecular formula is C10H18N2O3S. The number of fused-ring (bicyclic) bond motifs is 1.